The molecule has 1 amide bonds. The topological polar surface area (TPSA) is 87.5 Å². The Morgan fingerprint density at radius 2 is 2.08 bits per heavy atom. The van der Waals surface area contributed by atoms with Crippen molar-refractivity contribution in [2.45, 2.75) is 0 Å². The molecule has 7 nitrogen and oxygen atoms in total. The second kappa shape index (κ2) is 8.13. The van der Waals surface area contributed by atoms with Gasteiger partial charge in [0, 0.05) is 13.1 Å². The highest BCUT2D eigenvalue weighted by Crippen LogP contribution is 2.18. The Morgan fingerprint density at radius 1 is 1.28 bits per heavy atom. The third kappa shape index (κ3) is 4.46. The molecule has 0 atom stereocenters. The first-order valence-corrected chi connectivity index (χ1v) is 7.97. The van der Waals surface area contributed by atoms with Crippen LogP contribution in [0.2, 0.25) is 0 Å². The molecule has 1 fully saturated rings. The van der Waals surface area contributed by atoms with Crippen molar-refractivity contribution in [1.82, 2.24) is 4.98 Å². The Kier molecular flexibility index (Phi) is 5.44. The number of amides is 1. The highest BCUT2D eigenvalue weighted by atomic mass is 16.5. The normalized spacial score (nSPS) is 13.8. The highest BCUT2D eigenvalue weighted by Gasteiger charge is 2.12. The Morgan fingerprint density at radius 3 is 2.80 bits per heavy atom. The van der Waals surface area contributed by atoms with Gasteiger partial charge in [-0.1, -0.05) is 12.1 Å². The molecule has 0 radical (unpaired) electrons. The quantitative estimate of drug-likeness (QED) is 0.894. The number of hydrogen-bond donors (Lipinski definition) is 1. The SMILES string of the molecule is N#Cc1ccccc1OCC(=O)Nc1ccc(N2CCOCC2)cn1. The van der Waals surface area contributed by atoms with Gasteiger partial charge in [-0.3, -0.25) is 4.79 Å². The smallest absolute Gasteiger partial charge is 0.263 e. The zero-order valence-electron chi connectivity index (χ0n) is 13.6. The number of carbonyl (C=O) groups excluding carboxylic acids is 1. The van der Waals surface area contributed by atoms with E-state index in [-0.39, 0.29) is 12.5 Å². The minimum absolute atomic E-state index is 0.189. The number of rotatable bonds is 5. The number of anilines is 2. The fourth-order valence-electron chi connectivity index (χ4n) is 2.48. The van der Waals surface area contributed by atoms with Crippen LogP contribution in [0.15, 0.2) is 42.6 Å². The average Bonchev–Trinajstić information content (AvgIpc) is 2.68. The predicted molar refractivity (Wildman–Crippen MR) is 92.6 cm³/mol. The van der Waals surface area contributed by atoms with Crippen LogP contribution in [-0.4, -0.2) is 43.8 Å². The fraction of sp³-hybridized carbons (Fsp3) is 0.278. The van der Waals surface area contributed by atoms with Crippen molar-refractivity contribution in [3.05, 3.63) is 48.2 Å². The van der Waals surface area contributed by atoms with E-state index in [4.69, 9.17) is 14.7 Å². The molecule has 2 heterocycles. The predicted octanol–water partition coefficient (Wildman–Crippen LogP) is 1.81. The van der Waals surface area contributed by atoms with Crippen molar-refractivity contribution >= 4 is 17.4 Å². The van der Waals surface area contributed by atoms with Crippen LogP contribution in [0.5, 0.6) is 5.75 Å². The van der Waals surface area contributed by atoms with E-state index in [2.05, 4.69) is 15.2 Å². The van der Waals surface area contributed by atoms with Crippen molar-refractivity contribution in [2.24, 2.45) is 0 Å². The molecular formula is C18H18N4O3. The van der Waals surface area contributed by atoms with Gasteiger partial charge in [0.15, 0.2) is 6.61 Å². The number of carbonyl (C=O) groups is 1. The summed E-state index contributed by atoms with van der Waals surface area (Å²) in [6.45, 7) is 2.89. The summed E-state index contributed by atoms with van der Waals surface area (Å²) >= 11 is 0. The summed E-state index contributed by atoms with van der Waals surface area (Å²) in [5.74, 6) is 0.509. The summed E-state index contributed by atoms with van der Waals surface area (Å²) in [6, 6.07) is 12.5. The molecule has 128 valence electrons. The van der Waals surface area contributed by atoms with Crippen LogP contribution >= 0.6 is 0 Å². The number of benzene rings is 1. The van der Waals surface area contributed by atoms with Gasteiger partial charge in [0.2, 0.25) is 0 Å². The van der Waals surface area contributed by atoms with E-state index in [1.807, 2.05) is 12.1 Å². The van der Waals surface area contributed by atoms with Gasteiger partial charge in [0.05, 0.1) is 30.7 Å². The maximum Gasteiger partial charge on any atom is 0.263 e. The Hall–Kier alpha value is -3.11. The zero-order chi connectivity index (χ0) is 17.5. The molecule has 1 aliphatic rings. The van der Waals surface area contributed by atoms with Gasteiger partial charge in [0.25, 0.3) is 5.91 Å². The van der Waals surface area contributed by atoms with Crippen LogP contribution < -0.4 is 15.0 Å². The first-order chi connectivity index (χ1) is 12.3. The number of ether oxygens (including phenoxy) is 2. The summed E-state index contributed by atoms with van der Waals surface area (Å²) in [4.78, 5) is 18.4. The van der Waals surface area contributed by atoms with Crippen LogP contribution in [0, 0.1) is 11.3 Å². The van der Waals surface area contributed by atoms with E-state index in [1.165, 1.54) is 0 Å². The van der Waals surface area contributed by atoms with E-state index in [0.29, 0.717) is 30.3 Å². The minimum atomic E-state index is -0.334. The fourth-order valence-corrected chi connectivity index (χ4v) is 2.48. The monoisotopic (exact) mass is 338 g/mol. The maximum atomic E-state index is 12.0. The number of nitrogens with one attached hydrogen (secondary N) is 1. The molecule has 0 bridgehead atoms. The Labute approximate surface area is 145 Å². The number of hydrogen-bond acceptors (Lipinski definition) is 6. The first-order valence-electron chi connectivity index (χ1n) is 7.97. The summed E-state index contributed by atoms with van der Waals surface area (Å²) in [7, 11) is 0. The molecule has 1 aliphatic heterocycles. The molecule has 1 saturated heterocycles. The Bertz CT molecular complexity index is 765. The molecule has 2 aromatic rings. The molecule has 1 aromatic carbocycles. The van der Waals surface area contributed by atoms with Crippen molar-refractivity contribution in [3.63, 3.8) is 0 Å². The lowest BCUT2D eigenvalue weighted by molar-refractivity contribution is -0.118. The maximum absolute atomic E-state index is 12.0. The third-order valence-electron chi connectivity index (χ3n) is 3.76. The van der Waals surface area contributed by atoms with Crippen LogP contribution in [0.3, 0.4) is 0 Å². The van der Waals surface area contributed by atoms with Gasteiger partial charge >= 0.3 is 0 Å². The second-order valence-corrected chi connectivity index (χ2v) is 5.45. The highest BCUT2D eigenvalue weighted by molar-refractivity contribution is 5.91. The van der Waals surface area contributed by atoms with Crippen molar-refractivity contribution in [2.75, 3.05) is 43.1 Å². The summed E-state index contributed by atoms with van der Waals surface area (Å²) in [5, 5.41) is 11.7. The molecule has 3 rings (SSSR count). The third-order valence-corrected chi connectivity index (χ3v) is 3.76. The van der Waals surface area contributed by atoms with E-state index in [9.17, 15) is 4.79 Å². The number of para-hydroxylation sites is 1. The van der Waals surface area contributed by atoms with Gasteiger partial charge in [-0.15, -0.1) is 0 Å². The van der Waals surface area contributed by atoms with Crippen LogP contribution in [0.4, 0.5) is 11.5 Å². The van der Waals surface area contributed by atoms with E-state index in [0.717, 1.165) is 18.8 Å². The summed E-state index contributed by atoms with van der Waals surface area (Å²) in [6.07, 6.45) is 1.73. The molecule has 0 saturated carbocycles. The summed E-state index contributed by atoms with van der Waals surface area (Å²) < 4.78 is 10.7. The van der Waals surface area contributed by atoms with E-state index in [1.54, 1.807) is 36.5 Å². The summed E-state index contributed by atoms with van der Waals surface area (Å²) in [5.41, 5.74) is 1.39. The first kappa shape index (κ1) is 16.7. The second-order valence-electron chi connectivity index (χ2n) is 5.45. The minimum Gasteiger partial charge on any atom is -0.482 e. The zero-order valence-corrected chi connectivity index (χ0v) is 13.6. The average molecular weight is 338 g/mol. The lowest BCUT2D eigenvalue weighted by Crippen LogP contribution is -2.36. The number of morpholine rings is 1. The standard InChI is InChI=1S/C18H18N4O3/c19-11-14-3-1-2-4-16(14)25-13-18(23)21-17-6-5-15(12-20-17)22-7-9-24-10-8-22/h1-6,12H,7-10,13H2,(H,20,21,23). The van der Waals surface area contributed by atoms with Crippen molar-refractivity contribution < 1.29 is 14.3 Å². The molecule has 25 heavy (non-hydrogen) atoms. The van der Waals surface area contributed by atoms with Crippen LogP contribution in [-0.2, 0) is 9.53 Å². The lowest BCUT2D eigenvalue weighted by atomic mass is 10.2. The van der Waals surface area contributed by atoms with Gasteiger partial charge in [-0.05, 0) is 24.3 Å². The molecule has 0 unspecified atom stereocenters. The van der Waals surface area contributed by atoms with Crippen molar-refractivity contribution in [3.8, 4) is 11.8 Å². The molecule has 0 spiro atoms. The van der Waals surface area contributed by atoms with E-state index >= 15 is 0 Å². The van der Waals surface area contributed by atoms with Crippen LogP contribution in [0.25, 0.3) is 0 Å². The number of pyridine rings is 1. The van der Waals surface area contributed by atoms with Crippen molar-refractivity contribution in [1.29, 1.82) is 5.26 Å². The number of nitriles is 1. The van der Waals surface area contributed by atoms with Gasteiger partial charge in [-0.25, -0.2) is 4.98 Å². The lowest BCUT2D eigenvalue weighted by Gasteiger charge is -2.28. The Balaban J connectivity index is 1.53. The van der Waals surface area contributed by atoms with Gasteiger partial charge in [-0.2, -0.15) is 5.26 Å². The van der Waals surface area contributed by atoms with Gasteiger partial charge in [0.1, 0.15) is 17.6 Å². The molecular weight excluding hydrogens is 320 g/mol. The molecule has 1 N–H and O–H groups in total. The number of nitrogens with zero attached hydrogens (tertiary/aromatic N) is 3. The van der Waals surface area contributed by atoms with Gasteiger partial charge < -0.3 is 19.7 Å². The molecule has 1 aromatic heterocycles. The number of aromatic nitrogens is 1. The van der Waals surface area contributed by atoms with E-state index < -0.39 is 0 Å². The largest absolute Gasteiger partial charge is 0.482 e. The molecule has 0 aliphatic carbocycles. The van der Waals surface area contributed by atoms with Crippen LogP contribution in [0.1, 0.15) is 5.56 Å². The molecule has 7 heteroatoms.